The molecule has 0 saturated carbocycles. The molecule has 1 amide bonds. The van der Waals surface area contributed by atoms with Crippen molar-refractivity contribution in [3.8, 4) is 11.5 Å². The lowest BCUT2D eigenvalue weighted by atomic mass is 10.1. The van der Waals surface area contributed by atoms with Gasteiger partial charge in [-0.15, -0.1) is 0 Å². The molecule has 0 N–H and O–H groups in total. The molecule has 1 rings (SSSR count). The molecular weight excluding hydrogens is 350 g/mol. The number of ether oxygens (including phenoxy) is 4. The predicted octanol–water partition coefficient (Wildman–Crippen LogP) is 2.54. The predicted molar refractivity (Wildman–Crippen MR) is 103 cm³/mol. The molecular formula is C20H29NO6. The first kappa shape index (κ1) is 22.5. The van der Waals surface area contributed by atoms with Crippen molar-refractivity contribution in [2.24, 2.45) is 0 Å². The molecule has 0 aromatic heterocycles. The monoisotopic (exact) mass is 379 g/mol. The van der Waals surface area contributed by atoms with Gasteiger partial charge in [-0.1, -0.05) is 0 Å². The molecule has 0 unspecified atom stereocenters. The SMILES string of the molecule is CCOCCCN(CCC(=O)OC)C(=O)/C=C/c1cc(OC)ccc1OC. The summed E-state index contributed by atoms with van der Waals surface area (Å²) in [5, 5.41) is 0. The fourth-order valence-corrected chi connectivity index (χ4v) is 2.40. The van der Waals surface area contributed by atoms with Gasteiger partial charge in [-0.2, -0.15) is 0 Å². The summed E-state index contributed by atoms with van der Waals surface area (Å²) in [5.74, 6) is 0.760. The van der Waals surface area contributed by atoms with Crippen LogP contribution in [0.4, 0.5) is 0 Å². The molecule has 0 atom stereocenters. The van der Waals surface area contributed by atoms with E-state index in [1.54, 1.807) is 43.4 Å². The quantitative estimate of drug-likeness (QED) is 0.316. The van der Waals surface area contributed by atoms with Crippen molar-refractivity contribution in [2.75, 3.05) is 47.6 Å². The summed E-state index contributed by atoms with van der Waals surface area (Å²) < 4.78 is 20.5. The fourth-order valence-electron chi connectivity index (χ4n) is 2.40. The second-order valence-corrected chi connectivity index (χ2v) is 5.64. The van der Waals surface area contributed by atoms with Crippen LogP contribution in [0, 0.1) is 0 Å². The second kappa shape index (κ2) is 12.8. The van der Waals surface area contributed by atoms with Crippen molar-refractivity contribution in [3.05, 3.63) is 29.8 Å². The minimum atomic E-state index is -0.351. The van der Waals surface area contributed by atoms with Crippen LogP contribution in [-0.4, -0.2) is 64.4 Å². The average Bonchev–Trinajstić information content (AvgIpc) is 2.70. The Labute approximate surface area is 160 Å². The van der Waals surface area contributed by atoms with Crippen LogP contribution in [0.15, 0.2) is 24.3 Å². The summed E-state index contributed by atoms with van der Waals surface area (Å²) in [6, 6.07) is 5.35. The molecule has 7 heteroatoms. The van der Waals surface area contributed by atoms with Gasteiger partial charge in [0, 0.05) is 37.9 Å². The molecule has 0 saturated heterocycles. The molecule has 0 radical (unpaired) electrons. The van der Waals surface area contributed by atoms with Crippen LogP contribution in [0.2, 0.25) is 0 Å². The van der Waals surface area contributed by atoms with Gasteiger partial charge in [-0.05, 0) is 37.6 Å². The number of rotatable bonds is 12. The molecule has 1 aromatic rings. The lowest BCUT2D eigenvalue weighted by Crippen LogP contribution is -2.33. The Hall–Kier alpha value is -2.54. The fraction of sp³-hybridized carbons (Fsp3) is 0.500. The van der Waals surface area contributed by atoms with Crippen LogP contribution in [0.3, 0.4) is 0 Å². The minimum Gasteiger partial charge on any atom is -0.497 e. The van der Waals surface area contributed by atoms with E-state index < -0.39 is 0 Å². The van der Waals surface area contributed by atoms with Crippen molar-refractivity contribution in [1.82, 2.24) is 4.90 Å². The zero-order valence-electron chi connectivity index (χ0n) is 16.5. The number of benzene rings is 1. The first-order valence-electron chi connectivity index (χ1n) is 8.89. The van der Waals surface area contributed by atoms with E-state index in [1.807, 2.05) is 6.92 Å². The summed E-state index contributed by atoms with van der Waals surface area (Å²) in [5.41, 5.74) is 0.729. The summed E-state index contributed by atoms with van der Waals surface area (Å²) in [6.07, 6.45) is 3.98. The van der Waals surface area contributed by atoms with Gasteiger partial charge in [0.2, 0.25) is 5.91 Å². The first-order chi connectivity index (χ1) is 13.0. The lowest BCUT2D eigenvalue weighted by Gasteiger charge is -2.20. The van der Waals surface area contributed by atoms with E-state index in [1.165, 1.54) is 13.2 Å². The Kier molecular flexibility index (Phi) is 10.6. The number of hydrogen-bond donors (Lipinski definition) is 0. The van der Waals surface area contributed by atoms with Crippen molar-refractivity contribution in [2.45, 2.75) is 19.8 Å². The van der Waals surface area contributed by atoms with E-state index >= 15 is 0 Å². The molecule has 7 nitrogen and oxygen atoms in total. The standard InChI is InChI=1S/C20H29NO6/c1-5-27-14-6-12-21(13-11-20(23)26-4)19(22)10-7-16-15-17(24-2)8-9-18(16)25-3/h7-10,15H,5-6,11-14H2,1-4H3/b10-7+. The van der Waals surface area contributed by atoms with Gasteiger partial charge < -0.3 is 23.8 Å². The summed E-state index contributed by atoms with van der Waals surface area (Å²) in [7, 11) is 4.48. The zero-order chi connectivity index (χ0) is 20.1. The third-order valence-corrected chi connectivity index (χ3v) is 3.89. The average molecular weight is 379 g/mol. The summed E-state index contributed by atoms with van der Waals surface area (Å²) in [6.45, 7) is 3.90. The number of nitrogens with zero attached hydrogens (tertiary/aromatic N) is 1. The van der Waals surface area contributed by atoms with Gasteiger partial charge >= 0.3 is 5.97 Å². The number of methoxy groups -OCH3 is 3. The number of carbonyl (C=O) groups is 2. The van der Waals surface area contributed by atoms with Gasteiger partial charge in [-0.3, -0.25) is 9.59 Å². The lowest BCUT2D eigenvalue weighted by molar-refractivity contribution is -0.141. The Morgan fingerprint density at radius 1 is 1.11 bits per heavy atom. The second-order valence-electron chi connectivity index (χ2n) is 5.64. The number of hydrogen-bond acceptors (Lipinski definition) is 6. The van der Waals surface area contributed by atoms with Gasteiger partial charge in [0.05, 0.1) is 27.8 Å². The molecule has 27 heavy (non-hydrogen) atoms. The summed E-state index contributed by atoms with van der Waals surface area (Å²) >= 11 is 0. The number of esters is 1. The van der Waals surface area contributed by atoms with Crippen molar-refractivity contribution in [1.29, 1.82) is 0 Å². The van der Waals surface area contributed by atoms with Crippen LogP contribution in [0.1, 0.15) is 25.3 Å². The van der Waals surface area contributed by atoms with Crippen LogP contribution in [0.5, 0.6) is 11.5 Å². The molecule has 0 aliphatic heterocycles. The topological polar surface area (TPSA) is 74.3 Å². The molecule has 0 bridgehead atoms. The van der Waals surface area contributed by atoms with Crippen LogP contribution in [-0.2, 0) is 19.1 Å². The number of amides is 1. The Morgan fingerprint density at radius 3 is 2.52 bits per heavy atom. The van der Waals surface area contributed by atoms with Gasteiger partial charge in [0.15, 0.2) is 0 Å². The summed E-state index contributed by atoms with van der Waals surface area (Å²) in [4.78, 5) is 25.6. The molecule has 0 aliphatic carbocycles. The largest absolute Gasteiger partial charge is 0.497 e. The Bertz CT molecular complexity index is 629. The highest BCUT2D eigenvalue weighted by Crippen LogP contribution is 2.25. The van der Waals surface area contributed by atoms with Gasteiger partial charge in [0.1, 0.15) is 11.5 Å². The Balaban J connectivity index is 2.83. The maximum Gasteiger partial charge on any atom is 0.307 e. The highest BCUT2D eigenvalue weighted by atomic mass is 16.5. The Morgan fingerprint density at radius 2 is 1.89 bits per heavy atom. The van der Waals surface area contributed by atoms with E-state index in [4.69, 9.17) is 14.2 Å². The van der Waals surface area contributed by atoms with Gasteiger partial charge in [-0.25, -0.2) is 0 Å². The maximum absolute atomic E-state index is 12.6. The highest BCUT2D eigenvalue weighted by molar-refractivity contribution is 5.92. The smallest absolute Gasteiger partial charge is 0.307 e. The van der Waals surface area contributed by atoms with Crippen LogP contribution in [0.25, 0.3) is 6.08 Å². The first-order valence-corrected chi connectivity index (χ1v) is 8.89. The number of carbonyl (C=O) groups excluding carboxylic acids is 2. The molecule has 0 fully saturated rings. The van der Waals surface area contributed by atoms with E-state index in [2.05, 4.69) is 4.74 Å². The van der Waals surface area contributed by atoms with E-state index in [0.29, 0.717) is 37.7 Å². The minimum absolute atomic E-state index is 0.146. The third kappa shape index (κ3) is 8.13. The van der Waals surface area contributed by atoms with E-state index in [0.717, 1.165) is 5.56 Å². The van der Waals surface area contributed by atoms with Gasteiger partial charge in [0.25, 0.3) is 0 Å². The molecule has 0 spiro atoms. The normalized spacial score (nSPS) is 10.7. The third-order valence-electron chi connectivity index (χ3n) is 3.89. The van der Waals surface area contributed by atoms with Crippen molar-refractivity contribution in [3.63, 3.8) is 0 Å². The molecule has 0 aliphatic rings. The molecule has 150 valence electrons. The molecule has 1 aromatic carbocycles. The maximum atomic E-state index is 12.6. The zero-order valence-corrected chi connectivity index (χ0v) is 16.5. The van der Waals surface area contributed by atoms with Crippen LogP contribution >= 0.6 is 0 Å². The molecule has 0 heterocycles. The van der Waals surface area contributed by atoms with Crippen LogP contribution < -0.4 is 9.47 Å². The van der Waals surface area contributed by atoms with Crippen molar-refractivity contribution < 1.29 is 28.5 Å². The van der Waals surface area contributed by atoms with E-state index in [-0.39, 0.29) is 24.8 Å². The van der Waals surface area contributed by atoms with Crippen molar-refractivity contribution >= 4 is 18.0 Å². The van der Waals surface area contributed by atoms with E-state index in [9.17, 15) is 9.59 Å². The highest BCUT2D eigenvalue weighted by Gasteiger charge is 2.13.